The number of hydrogen-bond acceptors (Lipinski definition) is 2. The fourth-order valence-corrected chi connectivity index (χ4v) is 3.09. The predicted octanol–water partition coefficient (Wildman–Crippen LogP) is 2.26. The molecule has 0 N–H and O–H groups in total. The summed E-state index contributed by atoms with van der Waals surface area (Å²) < 4.78 is 0. The summed E-state index contributed by atoms with van der Waals surface area (Å²) in [5.41, 5.74) is 0. The second-order valence-corrected chi connectivity index (χ2v) is 5.63. The molecule has 0 aromatic carbocycles. The van der Waals surface area contributed by atoms with E-state index in [9.17, 15) is 4.79 Å². The molecule has 0 atom stereocenters. The van der Waals surface area contributed by atoms with Crippen LogP contribution in [-0.4, -0.2) is 48.4 Å². The van der Waals surface area contributed by atoms with Gasteiger partial charge in [-0.2, -0.15) is 0 Å². The minimum atomic E-state index is 0.332. The van der Waals surface area contributed by atoms with Gasteiger partial charge < -0.3 is 4.90 Å². The van der Waals surface area contributed by atoms with Gasteiger partial charge >= 0.3 is 0 Å². The molecule has 1 aliphatic heterocycles. The molecule has 3 heteroatoms. The van der Waals surface area contributed by atoms with E-state index >= 15 is 0 Å². The predicted molar refractivity (Wildman–Crippen MR) is 69.9 cm³/mol. The van der Waals surface area contributed by atoms with E-state index in [1.54, 1.807) is 0 Å². The van der Waals surface area contributed by atoms with Crippen molar-refractivity contribution in [2.75, 3.05) is 26.7 Å². The highest BCUT2D eigenvalue weighted by Crippen LogP contribution is 2.21. The van der Waals surface area contributed by atoms with Gasteiger partial charge in [-0.3, -0.25) is 9.69 Å². The zero-order valence-corrected chi connectivity index (χ0v) is 11.2. The number of nitrogens with zero attached hydrogens (tertiary/aromatic N) is 2. The Balaban J connectivity index is 1.77. The van der Waals surface area contributed by atoms with Crippen molar-refractivity contribution < 1.29 is 4.79 Å². The molecule has 1 saturated heterocycles. The van der Waals surface area contributed by atoms with Gasteiger partial charge in [0.05, 0.1) is 6.54 Å². The zero-order valence-electron chi connectivity index (χ0n) is 11.2. The van der Waals surface area contributed by atoms with E-state index in [1.807, 2.05) is 11.9 Å². The van der Waals surface area contributed by atoms with Crippen LogP contribution in [0.3, 0.4) is 0 Å². The lowest BCUT2D eigenvalue weighted by atomic mass is 9.94. The third-order valence-corrected chi connectivity index (χ3v) is 4.32. The van der Waals surface area contributed by atoms with E-state index < -0.39 is 0 Å². The maximum Gasteiger partial charge on any atom is 0.236 e. The first-order chi connectivity index (χ1) is 8.27. The van der Waals surface area contributed by atoms with Crippen LogP contribution >= 0.6 is 0 Å². The molecular weight excluding hydrogens is 212 g/mol. The van der Waals surface area contributed by atoms with Gasteiger partial charge in [0, 0.05) is 13.1 Å². The molecule has 98 valence electrons. The standard InChI is InChI=1S/C14H26N2O/c1-15(13-8-4-2-5-9-13)14(17)12-16-10-6-3-7-11-16/h13H,2-12H2,1H3. The van der Waals surface area contributed by atoms with Crippen molar-refractivity contribution in [3.8, 4) is 0 Å². The molecule has 1 heterocycles. The maximum atomic E-state index is 12.2. The fourth-order valence-electron chi connectivity index (χ4n) is 3.09. The topological polar surface area (TPSA) is 23.6 Å². The zero-order chi connectivity index (χ0) is 12.1. The van der Waals surface area contributed by atoms with Crippen LogP contribution in [0.1, 0.15) is 51.4 Å². The Hall–Kier alpha value is -0.570. The Morgan fingerprint density at radius 2 is 1.65 bits per heavy atom. The lowest BCUT2D eigenvalue weighted by Crippen LogP contribution is -2.45. The Bertz CT molecular complexity index is 243. The molecule has 0 aromatic heterocycles. The quantitative estimate of drug-likeness (QED) is 0.753. The molecule has 1 aliphatic carbocycles. The largest absolute Gasteiger partial charge is 0.342 e. The van der Waals surface area contributed by atoms with Crippen LogP contribution in [0.2, 0.25) is 0 Å². The average molecular weight is 238 g/mol. The molecule has 2 fully saturated rings. The summed E-state index contributed by atoms with van der Waals surface area (Å²) in [5.74, 6) is 0.332. The normalized spacial score (nSPS) is 23.6. The maximum absolute atomic E-state index is 12.2. The summed E-state index contributed by atoms with van der Waals surface area (Å²) in [6.45, 7) is 2.88. The molecule has 1 saturated carbocycles. The van der Waals surface area contributed by atoms with Crippen LogP contribution in [0.25, 0.3) is 0 Å². The minimum absolute atomic E-state index is 0.332. The molecule has 0 radical (unpaired) electrons. The molecule has 3 nitrogen and oxygen atoms in total. The first kappa shape index (κ1) is 12.9. The minimum Gasteiger partial charge on any atom is -0.342 e. The summed E-state index contributed by atoms with van der Waals surface area (Å²) in [6.07, 6.45) is 10.2. The van der Waals surface area contributed by atoms with Crippen LogP contribution < -0.4 is 0 Å². The van der Waals surface area contributed by atoms with Gasteiger partial charge in [-0.05, 0) is 38.8 Å². The fraction of sp³-hybridized carbons (Fsp3) is 0.929. The smallest absolute Gasteiger partial charge is 0.236 e. The van der Waals surface area contributed by atoms with Gasteiger partial charge in [-0.25, -0.2) is 0 Å². The second-order valence-electron chi connectivity index (χ2n) is 5.63. The summed E-state index contributed by atoms with van der Waals surface area (Å²) in [6, 6.07) is 0.515. The van der Waals surface area contributed by atoms with E-state index in [0.717, 1.165) is 13.1 Å². The molecule has 2 rings (SSSR count). The Labute approximate surface area is 105 Å². The second kappa shape index (κ2) is 6.39. The van der Waals surface area contributed by atoms with E-state index in [1.165, 1.54) is 51.4 Å². The number of hydrogen-bond donors (Lipinski definition) is 0. The van der Waals surface area contributed by atoms with Crippen LogP contribution in [0.4, 0.5) is 0 Å². The number of carbonyl (C=O) groups excluding carboxylic acids is 1. The first-order valence-electron chi connectivity index (χ1n) is 7.25. The van der Waals surface area contributed by atoms with E-state index in [0.29, 0.717) is 18.5 Å². The Morgan fingerprint density at radius 3 is 2.29 bits per heavy atom. The lowest BCUT2D eigenvalue weighted by Gasteiger charge is -2.34. The lowest BCUT2D eigenvalue weighted by molar-refractivity contribution is -0.134. The number of carbonyl (C=O) groups is 1. The molecule has 2 aliphatic rings. The highest BCUT2D eigenvalue weighted by atomic mass is 16.2. The van der Waals surface area contributed by atoms with Crippen LogP contribution in [0.15, 0.2) is 0 Å². The van der Waals surface area contributed by atoms with Gasteiger partial charge in [0.1, 0.15) is 0 Å². The monoisotopic (exact) mass is 238 g/mol. The molecular formula is C14H26N2O. The van der Waals surface area contributed by atoms with Crippen molar-refractivity contribution in [3.63, 3.8) is 0 Å². The summed E-state index contributed by atoms with van der Waals surface area (Å²) in [5, 5.41) is 0. The van der Waals surface area contributed by atoms with E-state index in [2.05, 4.69) is 4.90 Å². The highest BCUT2D eigenvalue weighted by Gasteiger charge is 2.23. The average Bonchev–Trinajstić information content (AvgIpc) is 2.40. The summed E-state index contributed by atoms with van der Waals surface area (Å²) >= 11 is 0. The third-order valence-electron chi connectivity index (χ3n) is 4.32. The summed E-state index contributed by atoms with van der Waals surface area (Å²) in [7, 11) is 2.00. The van der Waals surface area contributed by atoms with Crippen molar-refractivity contribution in [2.24, 2.45) is 0 Å². The van der Waals surface area contributed by atoms with Gasteiger partial charge in [0.15, 0.2) is 0 Å². The molecule has 17 heavy (non-hydrogen) atoms. The highest BCUT2D eigenvalue weighted by molar-refractivity contribution is 5.78. The molecule has 0 spiro atoms. The number of rotatable bonds is 3. The third kappa shape index (κ3) is 3.70. The van der Waals surface area contributed by atoms with E-state index in [-0.39, 0.29) is 0 Å². The molecule has 0 unspecified atom stereocenters. The number of piperidine rings is 1. The van der Waals surface area contributed by atoms with Gasteiger partial charge in [0.25, 0.3) is 0 Å². The van der Waals surface area contributed by atoms with Crippen molar-refractivity contribution in [2.45, 2.75) is 57.4 Å². The SMILES string of the molecule is CN(C(=O)CN1CCCCC1)C1CCCCC1. The molecule has 0 aromatic rings. The molecule has 0 bridgehead atoms. The van der Waals surface area contributed by atoms with Gasteiger partial charge in [-0.1, -0.05) is 25.7 Å². The van der Waals surface area contributed by atoms with Crippen LogP contribution in [0.5, 0.6) is 0 Å². The summed E-state index contributed by atoms with van der Waals surface area (Å²) in [4.78, 5) is 16.5. The van der Waals surface area contributed by atoms with Crippen molar-refractivity contribution in [1.29, 1.82) is 0 Å². The van der Waals surface area contributed by atoms with Crippen molar-refractivity contribution in [3.05, 3.63) is 0 Å². The van der Waals surface area contributed by atoms with Gasteiger partial charge in [-0.15, -0.1) is 0 Å². The Morgan fingerprint density at radius 1 is 1.06 bits per heavy atom. The number of likely N-dealkylation sites (N-methyl/N-ethyl adjacent to an activating group) is 1. The van der Waals surface area contributed by atoms with Gasteiger partial charge in [0.2, 0.25) is 5.91 Å². The number of amides is 1. The van der Waals surface area contributed by atoms with Crippen molar-refractivity contribution >= 4 is 5.91 Å². The van der Waals surface area contributed by atoms with Crippen LogP contribution in [0, 0.1) is 0 Å². The Kier molecular flexibility index (Phi) is 4.84. The van der Waals surface area contributed by atoms with Crippen LogP contribution in [-0.2, 0) is 4.79 Å². The number of likely N-dealkylation sites (tertiary alicyclic amines) is 1. The van der Waals surface area contributed by atoms with Crippen molar-refractivity contribution in [1.82, 2.24) is 9.80 Å². The molecule has 1 amide bonds. The van der Waals surface area contributed by atoms with E-state index in [4.69, 9.17) is 0 Å². The first-order valence-corrected chi connectivity index (χ1v) is 7.25.